The van der Waals surface area contributed by atoms with Crippen LogP contribution in [-0.4, -0.2) is 97.5 Å². The first-order valence-corrected chi connectivity index (χ1v) is 21.8. The number of carbonyl (C=O) groups is 3. The highest BCUT2D eigenvalue weighted by Gasteiger charge is 2.34. The summed E-state index contributed by atoms with van der Waals surface area (Å²) in [7, 11) is -2.36. The van der Waals surface area contributed by atoms with E-state index in [4.69, 9.17) is 28.2 Å². The lowest BCUT2D eigenvalue weighted by atomic mass is 9.99. The number of amides is 3. The zero-order valence-electron chi connectivity index (χ0n) is 32.4. The second-order valence-corrected chi connectivity index (χ2v) is 17.2. The van der Waals surface area contributed by atoms with Crippen LogP contribution in [0.4, 0.5) is 0 Å². The van der Waals surface area contributed by atoms with Crippen molar-refractivity contribution in [3.8, 4) is 11.1 Å². The number of hydrogen-bond acceptors (Lipinski definition) is 11. The molecule has 3 aromatic carbocycles. The van der Waals surface area contributed by atoms with Crippen molar-refractivity contribution >= 4 is 62.0 Å². The SMILES string of the molecule is CN1C(=O)[C@H](CN)NC(=O)[C@H](CCCN)NCc2cccnc2Sc2c(Cl)ccc(-c3ccc(S(=O)(=O)NCCO)cc3)c2CNC(=O)[C@@H]1Cc1c[nH]c2ccccc12. The number of sulfonamides is 1. The zero-order chi connectivity index (χ0) is 42.1. The molecule has 1 aliphatic rings. The van der Waals surface area contributed by atoms with Gasteiger partial charge in [-0.25, -0.2) is 18.1 Å². The third-order valence-electron chi connectivity index (χ3n) is 10.2. The van der Waals surface area contributed by atoms with E-state index in [0.29, 0.717) is 51.0 Å². The van der Waals surface area contributed by atoms with Gasteiger partial charge in [0.25, 0.3) is 0 Å². The molecule has 0 saturated heterocycles. The number of rotatable bonds is 11. The molecule has 312 valence electrons. The normalized spacial score (nSPS) is 18.5. The van der Waals surface area contributed by atoms with Crippen molar-refractivity contribution in [2.45, 2.75) is 65.3 Å². The molecule has 0 radical (unpaired) electrons. The summed E-state index contributed by atoms with van der Waals surface area (Å²) in [6, 6.07) is 18.2. The molecule has 0 unspecified atom stereocenters. The number of hydrogen-bond donors (Lipinski definition) is 8. The lowest BCUT2D eigenvalue weighted by Gasteiger charge is -2.31. The molecule has 10 N–H and O–H groups in total. The summed E-state index contributed by atoms with van der Waals surface area (Å²) in [4.78, 5) is 52.5. The van der Waals surface area contributed by atoms with Crippen molar-refractivity contribution in [3.63, 3.8) is 0 Å². The molecule has 5 aromatic rings. The van der Waals surface area contributed by atoms with Gasteiger partial charge in [0.2, 0.25) is 27.7 Å². The Kier molecular flexibility index (Phi) is 14.8. The van der Waals surface area contributed by atoms with Gasteiger partial charge in [-0.15, -0.1) is 0 Å². The summed E-state index contributed by atoms with van der Waals surface area (Å²) in [6.07, 6.45) is 4.51. The number of para-hydroxylation sites is 1. The third-order valence-corrected chi connectivity index (χ3v) is 13.3. The number of carbonyl (C=O) groups excluding carboxylic acids is 3. The number of nitrogens with zero attached hydrogens (tertiary/aromatic N) is 2. The van der Waals surface area contributed by atoms with E-state index in [0.717, 1.165) is 22.0 Å². The number of pyridine rings is 1. The van der Waals surface area contributed by atoms with Crippen LogP contribution in [0.3, 0.4) is 0 Å². The van der Waals surface area contributed by atoms with Crippen molar-refractivity contribution in [1.82, 2.24) is 35.5 Å². The Morgan fingerprint density at radius 3 is 2.51 bits per heavy atom. The van der Waals surface area contributed by atoms with Gasteiger partial charge in [-0.3, -0.25) is 14.4 Å². The van der Waals surface area contributed by atoms with Gasteiger partial charge in [-0.1, -0.05) is 65.8 Å². The Morgan fingerprint density at radius 2 is 1.76 bits per heavy atom. The molecular weight excluding hydrogens is 814 g/mol. The van der Waals surface area contributed by atoms with Gasteiger partial charge in [-0.05, 0) is 77.5 Å². The minimum absolute atomic E-state index is 0.0115. The van der Waals surface area contributed by atoms with Crippen LogP contribution in [0.15, 0.2) is 100 Å². The smallest absolute Gasteiger partial charge is 0.246 e. The summed E-state index contributed by atoms with van der Waals surface area (Å²) < 4.78 is 28.0. The molecule has 3 heterocycles. The standard InChI is InChI=1S/C41H48ClN9O6S2/c1-51-36(20-27-23-46-33-8-3-2-7-30(27)33)39(54)48-24-31-29(25-10-12-28(13-11-25)59(56,57)49-18-19-52)14-15-32(42)37(31)58-40-26(6-5-17-45-40)22-47-34(9-4-16-43)38(53)50-35(21-44)41(51)55/h2-3,5-8,10-15,17,23,34-36,46-47,49,52H,4,9,16,18-22,24,43-44H2,1H3,(H,48,54)(H,50,53)/t34-,35-,36-/m0/s1. The fraction of sp³-hybridized carbons (Fsp3) is 0.317. The van der Waals surface area contributed by atoms with E-state index in [9.17, 15) is 22.8 Å². The van der Waals surface area contributed by atoms with E-state index in [1.807, 2.05) is 36.5 Å². The maximum atomic E-state index is 14.6. The van der Waals surface area contributed by atoms with E-state index in [1.165, 1.54) is 35.8 Å². The van der Waals surface area contributed by atoms with Crippen LogP contribution in [0.2, 0.25) is 5.02 Å². The molecule has 15 nitrogen and oxygen atoms in total. The number of aliphatic hydroxyl groups excluding tert-OH is 1. The highest BCUT2D eigenvalue weighted by molar-refractivity contribution is 7.99. The van der Waals surface area contributed by atoms with E-state index < -0.39 is 45.9 Å². The highest BCUT2D eigenvalue weighted by Crippen LogP contribution is 2.41. The molecule has 3 atom stereocenters. The average molecular weight is 862 g/mol. The van der Waals surface area contributed by atoms with Gasteiger partial charge in [0.05, 0.1) is 22.6 Å². The summed E-state index contributed by atoms with van der Waals surface area (Å²) >= 11 is 8.29. The average Bonchev–Trinajstić information content (AvgIpc) is 3.66. The van der Waals surface area contributed by atoms with Crippen molar-refractivity contribution in [3.05, 3.63) is 107 Å². The summed E-state index contributed by atoms with van der Waals surface area (Å²) in [5.41, 5.74) is 16.3. The molecule has 1 aliphatic heterocycles. The van der Waals surface area contributed by atoms with Gasteiger partial charge in [0.15, 0.2) is 0 Å². The first-order valence-electron chi connectivity index (χ1n) is 19.1. The maximum Gasteiger partial charge on any atom is 0.246 e. The number of H-pyrrole nitrogens is 1. The van der Waals surface area contributed by atoms with Gasteiger partial charge < -0.3 is 42.4 Å². The molecule has 59 heavy (non-hydrogen) atoms. The van der Waals surface area contributed by atoms with Crippen molar-refractivity contribution in [1.29, 1.82) is 0 Å². The van der Waals surface area contributed by atoms with Crippen molar-refractivity contribution < 1.29 is 27.9 Å². The van der Waals surface area contributed by atoms with Gasteiger partial charge in [0.1, 0.15) is 17.1 Å². The first-order chi connectivity index (χ1) is 28.4. The minimum atomic E-state index is -3.88. The molecule has 0 aliphatic carbocycles. The highest BCUT2D eigenvalue weighted by atomic mass is 35.5. The lowest BCUT2D eigenvalue weighted by Crippen LogP contribution is -2.59. The van der Waals surface area contributed by atoms with Crippen LogP contribution < -0.4 is 32.1 Å². The predicted octanol–water partition coefficient (Wildman–Crippen LogP) is 2.65. The third kappa shape index (κ3) is 10.3. The van der Waals surface area contributed by atoms with Gasteiger partial charge >= 0.3 is 0 Å². The van der Waals surface area contributed by atoms with E-state index in [-0.39, 0.29) is 44.1 Å². The number of nitrogens with two attached hydrogens (primary N) is 2. The second kappa shape index (κ2) is 19.9. The number of aromatic amines is 1. The van der Waals surface area contributed by atoms with Crippen LogP contribution in [0.1, 0.15) is 29.5 Å². The Bertz CT molecular complexity index is 2400. The monoisotopic (exact) mass is 861 g/mol. The molecular formula is C41H48ClN9O6S2. The lowest BCUT2D eigenvalue weighted by molar-refractivity contribution is -0.141. The first kappa shape index (κ1) is 43.7. The molecule has 2 aromatic heterocycles. The zero-order valence-corrected chi connectivity index (χ0v) is 34.8. The maximum absolute atomic E-state index is 14.6. The van der Waals surface area contributed by atoms with Crippen LogP contribution >= 0.6 is 23.4 Å². The molecule has 0 fully saturated rings. The fourth-order valence-electron chi connectivity index (χ4n) is 6.96. The Hall–Kier alpha value is -4.85. The van der Waals surface area contributed by atoms with E-state index in [2.05, 4.69) is 30.6 Å². The molecule has 0 saturated carbocycles. The molecule has 3 amide bonds. The number of likely N-dealkylation sites (N-methyl/N-ethyl adjacent to an activating group) is 1. The minimum Gasteiger partial charge on any atom is -0.395 e. The van der Waals surface area contributed by atoms with Crippen molar-refractivity contribution in [2.24, 2.45) is 11.5 Å². The Labute approximate surface area is 352 Å². The summed E-state index contributed by atoms with van der Waals surface area (Å²) in [5, 5.41) is 20.3. The van der Waals surface area contributed by atoms with Gasteiger partial charge in [0, 0.05) is 67.8 Å². The summed E-state index contributed by atoms with van der Waals surface area (Å²) in [6.45, 7) is -0.155. The number of nitrogens with one attached hydrogen (secondary N) is 5. The van der Waals surface area contributed by atoms with E-state index >= 15 is 0 Å². The van der Waals surface area contributed by atoms with E-state index in [1.54, 1.807) is 36.5 Å². The Balaban J connectivity index is 1.47. The Morgan fingerprint density at radius 1 is 0.983 bits per heavy atom. The van der Waals surface area contributed by atoms with Gasteiger partial charge in [-0.2, -0.15) is 0 Å². The number of aromatic nitrogens is 2. The number of aliphatic hydroxyl groups is 1. The van der Waals surface area contributed by atoms with Crippen molar-refractivity contribution in [2.75, 3.05) is 33.3 Å². The van der Waals surface area contributed by atoms with Crippen LogP contribution in [-0.2, 0) is 43.9 Å². The number of fused-ring (bicyclic) bond motifs is 3. The molecule has 0 spiro atoms. The second-order valence-electron chi connectivity index (χ2n) is 14.0. The largest absolute Gasteiger partial charge is 0.395 e. The molecule has 6 rings (SSSR count). The van der Waals surface area contributed by atoms with Crippen LogP contribution in [0, 0.1) is 0 Å². The number of halogens is 1. The fourth-order valence-corrected chi connectivity index (χ4v) is 9.32. The quantitative estimate of drug-likeness (QED) is 0.0961. The molecule has 0 bridgehead atoms. The molecule has 18 heteroatoms. The summed E-state index contributed by atoms with van der Waals surface area (Å²) in [5.74, 6) is -1.45. The number of benzene rings is 3. The van der Waals surface area contributed by atoms with Crippen LogP contribution in [0.5, 0.6) is 0 Å². The van der Waals surface area contributed by atoms with Crippen LogP contribution in [0.25, 0.3) is 22.0 Å². The topological polar surface area (TPSA) is 238 Å². The predicted molar refractivity (Wildman–Crippen MR) is 228 cm³/mol.